The van der Waals surface area contributed by atoms with Gasteiger partial charge < -0.3 is 20.6 Å². The number of hydrogen-bond donors (Lipinski definition) is 2. The van der Waals surface area contributed by atoms with Crippen LogP contribution >= 0.6 is 23.2 Å². The van der Waals surface area contributed by atoms with Crippen molar-refractivity contribution < 1.29 is 18.3 Å². The van der Waals surface area contributed by atoms with Crippen LogP contribution in [0, 0.1) is 5.82 Å². The third-order valence-electron chi connectivity index (χ3n) is 3.65. The molecule has 0 saturated carbocycles. The number of carbonyl (C=O) groups excluding carboxylic acids is 1. The summed E-state index contributed by atoms with van der Waals surface area (Å²) in [5, 5.41) is 0.422. The molecule has 2 heterocycles. The summed E-state index contributed by atoms with van der Waals surface area (Å²) in [4.78, 5) is 15.4. The van der Waals surface area contributed by atoms with Gasteiger partial charge in [0.05, 0.1) is 16.0 Å². The van der Waals surface area contributed by atoms with Gasteiger partial charge in [0.25, 0.3) is 5.91 Å². The van der Waals surface area contributed by atoms with Gasteiger partial charge in [0.15, 0.2) is 11.4 Å². The zero-order chi connectivity index (χ0) is 18.3. The Bertz CT molecular complexity index is 990. The van der Waals surface area contributed by atoms with Crippen LogP contribution in [0.25, 0.3) is 11.0 Å². The topological polar surface area (TPSA) is 104 Å². The number of nitrogen functional groups attached to an aromatic ring is 1. The van der Waals surface area contributed by atoms with Crippen LogP contribution in [0.1, 0.15) is 28.9 Å². The van der Waals surface area contributed by atoms with E-state index in [4.69, 9.17) is 43.8 Å². The van der Waals surface area contributed by atoms with Crippen LogP contribution in [0.3, 0.4) is 0 Å². The van der Waals surface area contributed by atoms with E-state index in [9.17, 15) is 9.18 Å². The summed E-state index contributed by atoms with van der Waals surface area (Å²) in [5.41, 5.74) is 11.7. The molecule has 1 unspecified atom stereocenters. The minimum atomic E-state index is -0.771. The summed E-state index contributed by atoms with van der Waals surface area (Å²) >= 11 is 12.1. The number of benzene rings is 1. The molecule has 0 aliphatic carbocycles. The minimum Gasteiger partial charge on any atom is -0.478 e. The monoisotopic (exact) mass is 383 g/mol. The van der Waals surface area contributed by atoms with E-state index in [1.165, 1.54) is 18.5 Å². The van der Waals surface area contributed by atoms with E-state index in [-0.39, 0.29) is 38.3 Å². The molecule has 6 nitrogen and oxygen atoms in total. The second kappa shape index (κ2) is 6.42. The van der Waals surface area contributed by atoms with Gasteiger partial charge in [0.2, 0.25) is 5.75 Å². The maximum absolute atomic E-state index is 13.7. The number of halogens is 3. The Morgan fingerprint density at radius 3 is 2.80 bits per heavy atom. The Kier molecular flexibility index (Phi) is 4.45. The summed E-state index contributed by atoms with van der Waals surface area (Å²) in [7, 11) is 0. The molecule has 4 N–H and O–H groups in total. The molecule has 0 radical (unpaired) electrons. The lowest BCUT2D eigenvalue weighted by molar-refractivity contribution is 0.100. The zero-order valence-corrected chi connectivity index (χ0v) is 14.4. The molecule has 1 aromatic carbocycles. The van der Waals surface area contributed by atoms with Gasteiger partial charge in [-0.3, -0.25) is 4.79 Å². The molecule has 0 aliphatic rings. The normalized spacial score (nSPS) is 12.3. The average Bonchev–Trinajstić information content (AvgIpc) is 2.98. The first-order valence-electron chi connectivity index (χ1n) is 7.06. The first-order valence-corrected chi connectivity index (χ1v) is 7.82. The molecule has 25 heavy (non-hydrogen) atoms. The van der Waals surface area contributed by atoms with E-state index in [2.05, 4.69) is 4.98 Å². The number of pyridine rings is 1. The Labute approximate surface area is 151 Å². The van der Waals surface area contributed by atoms with Crippen molar-refractivity contribution in [2.24, 2.45) is 5.73 Å². The number of primary amides is 1. The maximum Gasteiger partial charge on any atom is 0.252 e. The second-order valence-electron chi connectivity index (χ2n) is 5.25. The number of fused-ring (bicyclic) bond motifs is 1. The molecule has 0 fully saturated rings. The highest BCUT2D eigenvalue weighted by Gasteiger charge is 2.23. The zero-order valence-electron chi connectivity index (χ0n) is 12.8. The van der Waals surface area contributed by atoms with Gasteiger partial charge in [0, 0.05) is 16.8 Å². The predicted molar refractivity (Wildman–Crippen MR) is 92.4 cm³/mol. The van der Waals surface area contributed by atoms with Crippen molar-refractivity contribution in [2.45, 2.75) is 13.0 Å². The quantitative estimate of drug-likeness (QED) is 0.659. The van der Waals surface area contributed by atoms with Crippen LogP contribution in [0.5, 0.6) is 5.75 Å². The summed E-state index contributed by atoms with van der Waals surface area (Å²) in [6.45, 7) is 1.61. The molecular formula is C16H12Cl2FN3O3. The molecule has 1 amide bonds. The number of nitrogens with zero attached hydrogens (tertiary/aromatic N) is 1. The molecule has 9 heteroatoms. The van der Waals surface area contributed by atoms with Crippen LogP contribution in [0.2, 0.25) is 10.0 Å². The lowest BCUT2D eigenvalue weighted by atomic mass is 10.1. The van der Waals surface area contributed by atoms with Crippen LogP contribution in [-0.2, 0) is 0 Å². The number of carbonyl (C=O) groups is 1. The second-order valence-corrected chi connectivity index (χ2v) is 6.03. The van der Waals surface area contributed by atoms with Crippen LogP contribution in [0.15, 0.2) is 29.0 Å². The van der Waals surface area contributed by atoms with Gasteiger partial charge in [-0.15, -0.1) is 0 Å². The minimum absolute atomic E-state index is 0.0216. The van der Waals surface area contributed by atoms with E-state index >= 15 is 0 Å². The van der Waals surface area contributed by atoms with Gasteiger partial charge in [-0.1, -0.05) is 23.2 Å². The fourth-order valence-corrected chi connectivity index (χ4v) is 3.11. The number of amides is 1. The van der Waals surface area contributed by atoms with E-state index in [1.807, 2.05) is 0 Å². The van der Waals surface area contributed by atoms with Crippen LogP contribution in [0.4, 0.5) is 10.2 Å². The number of rotatable bonds is 4. The lowest BCUT2D eigenvalue weighted by Crippen LogP contribution is -2.10. The van der Waals surface area contributed by atoms with Crippen molar-refractivity contribution in [1.29, 1.82) is 0 Å². The van der Waals surface area contributed by atoms with Crippen molar-refractivity contribution >= 4 is 45.9 Å². The van der Waals surface area contributed by atoms with E-state index in [0.717, 1.165) is 6.07 Å². The van der Waals surface area contributed by atoms with Crippen molar-refractivity contribution in [3.63, 3.8) is 0 Å². The van der Waals surface area contributed by atoms with Gasteiger partial charge >= 0.3 is 0 Å². The molecule has 0 bridgehead atoms. The SMILES string of the molecule is CC(Oc1c(N)ncc2c(C(N)=O)coc12)c1c(Cl)ccc(F)c1Cl. The number of ether oxygens (including phenoxy) is 1. The largest absolute Gasteiger partial charge is 0.478 e. The molecule has 2 aromatic heterocycles. The molecule has 130 valence electrons. The first kappa shape index (κ1) is 17.3. The van der Waals surface area contributed by atoms with E-state index in [0.29, 0.717) is 5.39 Å². The van der Waals surface area contributed by atoms with Crippen LogP contribution in [-0.4, -0.2) is 10.9 Å². The summed E-state index contributed by atoms with van der Waals surface area (Å²) in [5.74, 6) is -1.21. The Morgan fingerprint density at radius 2 is 2.12 bits per heavy atom. The molecule has 1 atom stereocenters. The summed E-state index contributed by atoms with van der Waals surface area (Å²) < 4.78 is 24.9. The van der Waals surface area contributed by atoms with Crippen molar-refractivity contribution in [1.82, 2.24) is 4.98 Å². The highest BCUT2D eigenvalue weighted by Crippen LogP contribution is 2.39. The molecular weight excluding hydrogens is 372 g/mol. The standard InChI is InChI=1S/C16H12Cl2FN3O3/c1-6(11-9(17)2-3-10(19)12(11)18)25-14-13-7(4-22-15(14)20)8(5-24-13)16(21)23/h2-6H,1H3,(H2,20,22)(H2,21,23). The molecule has 0 saturated heterocycles. The number of nitrogens with two attached hydrogens (primary N) is 2. The Hall–Kier alpha value is -2.51. The van der Waals surface area contributed by atoms with Crippen LogP contribution < -0.4 is 16.2 Å². The third kappa shape index (κ3) is 2.96. The molecule has 0 aliphatic heterocycles. The highest BCUT2D eigenvalue weighted by molar-refractivity contribution is 6.36. The van der Waals surface area contributed by atoms with Gasteiger partial charge in [-0.25, -0.2) is 9.37 Å². The van der Waals surface area contributed by atoms with Crippen molar-refractivity contribution in [2.75, 3.05) is 5.73 Å². The Morgan fingerprint density at radius 1 is 1.40 bits per heavy atom. The summed E-state index contributed by atoms with van der Waals surface area (Å²) in [6.07, 6.45) is 1.77. The number of aromatic nitrogens is 1. The summed E-state index contributed by atoms with van der Waals surface area (Å²) in [6, 6.07) is 2.53. The van der Waals surface area contributed by atoms with Crippen molar-refractivity contribution in [3.05, 3.63) is 51.6 Å². The Balaban J connectivity index is 2.08. The molecule has 3 aromatic rings. The van der Waals surface area contributed by atoms with Gasteiger partial charge in [-0.2, -0.15) is 0 Å². The predicted octanol–water partition coefficient (Wildman–Crippen LogP) is 4.09. The highest BCUT2D eigenvalue weighted by atomic mass is 35.5. The molecule has 3 rings (SSSR count). The smallest absolute Gasteiger partial charge is 0.252 e. The lowest BCUT2D eigenvalue weighted by Gasteiger charge is -2.18. The average molecular weight is 384 g/mol. The third-order valence-corrected chi connectivity index (χ3v) is 4.36. The fraction of sp³-hybridized carbons (Fsp3) is 0.125. The van der Waals surface area contributed by atoms with Gasteiger partial charge in [0.1, 0.15) is 18.2 Å². The fourth-order valence-electron chi connectivity index (χ4n) is 2.44. The maximum atomic E-state index is 13.7. The number of hydrogen-bond acceptors (Lipinski definition) is 5. The van der Waals surface area contributed by atoms with E-state index < -0.39 is 17.8 Å². The number of furan rings is 1. The molecule has 0 spiro atoms. The van der Waals surface area contributed by atoms with Gasteiger partial charge in [-0.05, 0) is 19.1 Å². The number of anilines is 1. The van der Waals surface area contributed by atoms with Crippen molar-refractivity contribution in [3.8, 4) is 5.75 Å². The first-order chi connectivity index (χ1) is 11.8. The van der Waals surface area contributed by atoms with E-state index in [1.54, 1.807) is 6.92 Å².